The molecule has 5 heteroatoms. The summed E-state index contributed by atoms with van der Waals surface area (Å²) >= 11 is 0. The van der Waals surface area contributed by atoms with Gasteiger partial charge in [0, 0.05) is 12.5 Å². The topological polar surface area (TPSA) is 98.0 Å². The van der Waals surface area contributed by atoms with Crippen LogP contribution in [-0.2, 0) is 4.79 Å². The summed E-state index contributed by atoms with van der Waals surface area (Å²) in [5.74, 6) is -1.02. The highest BCUT2D eigenvalue weighted by molar-refractivity contribution is 5.80. The number of hydrogen-bond acceptors (Lipinski definition) is 4. The standard InChI is InChI=1S/C18H28O5/c1-15(19)10-6-3-2-4-7-11-16(20)14-17(21)12-8-5-9-13-18(22)23/h2,4-5,7-9,11,13,15-17,19-21H,3,6,10,12,14H2,1H3,(H,22,23). The first-order valence-electron chi connectivity index (χ1n) is 7.85. The van der Waals surface area contributed by atoms with E-state index in [-0.39, 0.29) is 12.5 Å². The Hall–Kier alpha value is -1.69. The lowest BCUT2D eigenvalue weighted by atomic mass is 10.1. The second kappa shape index (κ2) is 13.9. The molecule has 0 aliphatic carbocycles. The van der Waals surface area contributed by atoms with Crippen LogP contribution in [0.1, 0.15) is 39.0 Å². The Labute approximate surface area is 138 Å². The molecular weight excluding hydrogens is 296 g/mol. The van der Waals surface area contributed by atoms with E-state index in [0.717, 1.165) is 25.3 Å². The van der Waals surface area contributed by atoms with Gasteiger partial charge in [0.05, 0.1) is 18.3 Å². The molecule has 0 aromatic rings. The van der Waals surface area contributed by atoms with Gasteiger partial charge in [-0.05, 0) is 32.6 Å². The Bertz CT molecular complexity index is 421. The van der Waals surface area contributed by atoms with E-state index in [0.29, 0.717) is 6.42 Å². The minimum atomic E-state index is -1.02. The maximum absolute atomic E-state index is 10.2. The minimum Gasteiger partial charge on any atom is -0.478 e. The highest BCUT2D eigenvalue weighted by Gasteiger charge is 2.07. The van der Waals surface area contributed by atoms with Crippen LogP contribution in [0.25, 0.3) is 0 Å². The van der Waals surface area contributed by atoms with Crippen LogP contribution >= 0.6 is 0 Å². The van der Waals surface area contributed by atoms with Gasteiger partial charge in [-0.2, -0.15) is 0 Å². The molecule has 0 aromatic heterocycles. The monoisotopic (exact) mass is 324 g/mol. The van der Waals surface area contributed by atoms with Gasteiger partial charge in [-0.3, -0.25) is 0 Å². The van der Waals surface area contributed by atoms with E-state index in [1.807, 2.05) is 12.2 Å². The maximum Gasteiger partial charge on any atom is 0.328 e. The van der Waals surface area contributed by atoms with Crippen molar-refractivity contribution in [2.75, 3.05) is 0 Å². The molecule has 0 bridgehead atoms. The van der Waals surface area contributed by atoms with Crippen LogP contribution in [-0.4, -0.2) is 44.7 Å². The fourth-order valence-electron chi connectivity index (χ4n) is 1.80. The number of hydrogen-bond donors (Lipinski definition) is 4. The van der Waals surface area contributed by atoms with Crippen molar-refractivity contribution in [1.82, 2.24) is 0 Å². The van der Waals surface area contributed by atoms with E-state index < -0.39 is 18.2 Å². The zero-order valence-electron chi connectivity index (χ0n) is 13.6. The first kappa shape index (κ1) is 21.3. The molecule has 0 radical (unpaired) electrons. The first-order chi connectivity index (χ1) is 10.9. The SMILES string of the molecule is CC(O)CCCC=CC=CC(O)CC(O)CC=CC=CC(=O)O. The molecule has 23 heavy (non-hydrogen) atoms. The second-order valence-corrected chi connectivity index (χ2v) is 5.41. The van der Waals surface area contributed by atoms with E-state index in [4.69, 9.17) is 10.2 Å². The van der Waals surface area contributed by atoms with Crippen LogP contribution < -0.4 is 0 Å². The molecule has 0 saturated heterocycles. The van der Waals surface area contributed by atoms with Gasteiger partial charge in [0.1, 0.15) is 0 Å². The van der Waals surface area contributed by atoms with Gasteiger partial charge in [0.2, 0.25) is 0 Å². The van der Waals surface area contributed by atoms with Crippen LogP contribution in [0.5, 0.6) is 0 Å². The lowest BCUT2D eigenvalue weighted by molar-refractivity contribution is -0.131. The van der Waals surface area contributed by atoms with Gasteiger partial charge in [-0.15, -0.1) is 0 Å². The van der Waals surface area contributed by atoms with E-state index >= 15 is 0 Å². The van der Waals surface area contributed by atoms with Crippen molar-refractivity contribution in [3.8, 4) is 0 Å². The third-order valence-electron chi connectivity index (χ3n) is 2.98. The molecule has 0 aliphatic rings. The Morgan fingerprint density at radius 2 is 1.74 bits per heavy atom. The summed E-state index contributed by atoms with van der Waals surface area (Å²) < 4.78 is 0. The van der Waals surface area contributed by atoms with Crippen LogP contribution in [0, 0.1) is 0 Å². The van der Waals surface area contributed by atoms with E-state index in [2.05, 4.69) is 0 Å². The Kier molecular flexibility index (Phi) is 12.9. The van der Waals surface area contributed by atoms with Crippen molar-refractivity contribution in [2.45, 2.75) is 57.3 Å². The second-order valence-electron chi connectivity index (χ2n) is 5.41. The Balaban J connectivity index is 3.86. The molecule has 4 N–H and O–H groups in total. The van der Waals surface area contributed by atoms with Crippen LogP contribution in [0.15, 0.2) is 48.6 Å². The van der Waals surface area contributed by atoms with Crippen molar-refractivity contribution in [1.29, 1.82) is 0 Å². The van der Waals surface area contributed by atoms with Gasteiger partial charge in [0.15, 0.2) is 0 Å². The lowest BCUT2D eigenvalue weighted by Crippen LogP contribution is -2.14. The van der Waals surface area contributed by atoms with E-state index in [9.17, 15) is 15.0 Å². The smallest absolute Gasteiger partial charge is 0.328 e. The number of allylic oxidation sites excluding steroid dienone is 5. The number of aliphatic hydroxyl groups excluding tert-OH is 3. The average molecular weight is 324 g/mol. The maximum atomic E-state index is 10.2. The molecule has 0 fully saturated rings. The van der Waals surface area contributed by atoms with Crippen LogP contribution in [0.3, 0.4) is 0 Å². The molecule has 0 amide bonds. The van der Waals surface area contributed by atoms with E-state index in [1.54, 1.807) is 31.2 Å². The van der Waals surface area contributed by atoms with Crippen molar-refractivity contribution >= 4 is 5.97 Å². The van der Waals surface area contributed by atoms with Gasteiger partial charge >= 0.3 is 5.97 Å². The van der Waals surface area contributed by atoms with Gasteiger partial charge in [-0.25, -0.2) is 4.79 Å². The number of carboxylic acid groups (broad SMARTS) is 1. The van der Waals surface area contributed by atoms with Crippen LogP contribution in [0.2, 0.25) is 0 Å². The summed E-state index contributed by atoms with van der Waals surface area (Å²) in [6.07, 6.45) is 14.2. The lowest BCUT2D eigenvalue weighted by Gasteiger charge is -2.10. The number of unbranched alkanes of at least 4 members (excludes halogenated alkanes) is 1. The summed E-state index contributed by atoms with van der Waals surface area (Å²) in [4.78, 5) is 10.2. The van der Waals surface area contributed by atoms with Gasteiger partial charge in [0.25, 0.3) is 0 Å². The normalized spacial score (nSPS) is 16.7. The quantitative estimate of drug-likeness (QED) is 0.251. The van der Waals surface area contributed by atoms with Gasteiger partial charge in [-0.1, -0.05) is 42.5 Å². The van der Waals surface area contributed by atoms with Crippen molar-refractivity contribution in [2.24, 2.45) is 0 Å². The predicted octanol–water partition coefficient (Wildman–Crippen LogP) is 2.35. The van der Waals surface area contributed by atoms with Crippen LogP contribution in [0.4, 0.5) is 0 Å². The predicted molar refractivity (Wildman–Crippen MR) is 91.0 cm³/mol. The Morgan fingerprint density at radius 3 is 2.39 bits per heavy atom. The summed E-state index contributed by atoms with van der Waals surface area (Å²) in [5.41, 5.74) is 0. The molecule has 0 aromatic carbocycles. The largest absolute Gasteiger partial charge is 0.478 e. The summed E-state index contributed by atoms with van der Waals surface area (Å²) in [6, 6.07) is 0. The minimum absolute atomic E-state index is 0.222. The molecular formula is C18H28O5. The summed E-state index contributed by atoms with van der Waals surface area (Å²) in [7, 11) is 0. The Morgan fingerprint density at radius 1 is 1.04 bits per heavy atom. The highest BCUT2D eigenvalue weighted by Crippen LogP contribution is 2.05. The number of aliphatic carboxylic acids is 1. The third-order valence-corrected chi connectivity index (χ3v) is 2.98. The first-order valence-corrected chi connectivity index (χ1v) is 7.85. The molecule has 3 unspecified atom stereocenters. The van der Waals surface area contributed by atoms with Crippen molar-refractivity contribution < 1.29 is 25.2 Å². The fraction of sp³-hybridized carbons (Fsp3) is 0.500. The number of rotatable bonds is 12. The zero-order chi connectivity index (χ0) is 17.5. The molecule has 0 saturated carbocycles. The van der Waals surface area contributed by atoms with Crippen molar-refractivity contribution in [3.63, 3.8) is 0 Å². The molecule has 0 rings (SSSR count). The number of carboxylic acids is 1. The molecule has 3 atom stereocenters. The molecule has 0 heterocycles. The number of carbonyl (C=O) groups is 1. The molecule has 5 nitrogen and oxygen atoms in total. The fourth-order valence-corrected chi connectivity index (χ4v) is 1.80. The molecule has 130 valence electrons. The summed E-state index contributed by atoms with van der Waals surface area (Å²) in [6.45, 7) is 1.77. The number of aliphatic hydroxyl groups is 3. The zero-order valence-corrected chi connectivity index (χ0v) is 13.6. The average Bonchev–Trinajstić information content (AvgIpc) is 2.45. The molecule has 0 aliphatic heterocycles. The third kappa shape index (κ3) is 16.5. The molecule has 0 spiro atoms. The van der Waals surface area contributed by atoms with Crippen molar-refractivity contribution in [3.05, 3.63) is 48.6 Å². The highest BCUT2D eigenvalue weighted by atomic mass is 16.4. The van der Waals surface area contributed by atoms with Gasteiger partial charge < -0.3 is 20.4 Å². The summed E-state index contributed by atoms with van der Waals surface area (Å²) in [5, 5.41) is 37.0. The van der Waals surface area contributed by atoms with E-state index in [1.165, 1.54) is 6.08 Å².